The first-order valence-corrected chi connectivity index (χ1v) is 6.66. The molecule has 1 atom stereocenters. The Morgan fingerprint density at radius 1 is 0.941 bits per heavy atom. The minimum absolute atomic E-state index is 0.503. The van der Waals surface area contributed by atoms with Gasteiger partial charge in [0.2, 0.25) is 0 Å². The van der Waals surface area contributed by atoms with Gasteiger partial charge in [0.05, 0.1) is 0 Å². The molecule has 17 heavy (non-hydrogen) atoms. The number of rotatable bonds is 7. The lowest BCUT2D eigenvalue weighted by molar-refractivity contribution is 0.474. The second kappa shape index (κ2) is 7.46. The Morgan fingerprint density at radius 2 is 1.53 bits per heavy atom. The van der Waals surface area contributed by atoms with E-state index in [1.165, 1.54) is 11.1 Å². The Kier molecular flexibility index (Phi) is 6.23. The van der Waals surface area contributed by atoms with Crippen molar-refractivity contribution in [2.75, 3.05) is 6.54 Å². The number of hydrogen-bond donors (Lipinski definition) is 2. The third-order valence-electron chi connectivity index (χ3n) is 2.92. The number of benzene rings is 1. The molecule has 0 aliphatic carbocycles. The van der Waals surface area contributed by atoms with Crippen LogP contribution in [0.1, 0.15) is 38.8 Å². The predicted molar refractivity (Wildman–Crippen MR) is 75.3 cm³/mol. The standard InChI is InChI=1S/C15H26N2/c1-5-14-6-8-15(9-7-14)11-17-13(4)10-16-12(2)3/h6-9,12-13,16-17H,5,10-11H2,1-4H3. The second-order valence-corrected chi connectivity index (χ2v) is 5.01. The smallest absolute Gasteiger partial charge is 0.0208 e. The molecule has 2 nitrogen and oxygen atoms in total. The van der Waals surface area contributed by atoms with E-state index in [2.05, 4.69) is 62.6 Å². The fourth-order valence-corrected chi connectivity index (χ4v) is 1.67. The van der Waals surface area contributed by atoms with Crippen molar-refractivity contribution in [3.63, 3.8) is 0 Å². The first-order chi connectivity index (χ1) is 8.11. The van der Waals surface area contributed by atoms with Gasteiger partial charge in [-0.25, -0.2) is 0 Å². The van der Waals surface area contributed by atoms with Gasteiger partial charge in [-0.05, 0) is 24.5 Å². The van der Waals surface area contributed by atoms with Crippen LogP contribution in [0.4, 0.5) is 0 Å². The molecule has 0 aliphatic rings. The van der Waals surface area contributed by atoms with Gasteiger partial charge < -0.3 is 10.6 Å². The average Bonchev–Trinajstić information content (AvgIpc) is 2.34. The van der Waals surface area contributed by atoms with Gasteiger partial charge in [0.1, 0.15) is 0 Å². The first kappa shape index (κ1) is 14.2. The molecule has 96 valence electrons. The van der Waals surface area contributed by atoms with Crippen LogP contribution in [-0.4, -0.2) is 18.6 Å². The molecule has 0 heterocycles. The Labute approximate surface area is 106 Å². The Hall–Kier alpha value is -0.860. The summed E-state index contributed by atoms with van der Waals surface area (Å²) in [6.45, 7) is 10.7. The van der Waals surface area contributed by atoms with Gasteiger partial charge in [-0.3, -0.25) is 0 Å². The second-order valence-electron chi connectivity index (χ2n) is 5.01. The highest BCUT2D eigenvalue weighted by atomic mass is 15.0. The van der Waals surface area contributed by atoms with E-state index in [9.17, 15) is 0 Å². The zero-order valence-corrected chi connectivity index (χ0v) is 11.6. The van der Waals surface area contributed by atoms with Crippen LogP contribution in [0, 0.1) is 0 Å². The summed E-state index contributed by atoms with van der Waals surface area (Å²) in [5.41, 5.74) is 2.77. The topological polar surface area (TPSA) is 24.1 Å². The van der Waals surface area contributed by atoms with Crippen molar-refractivity contribution in [3.8, 4) is 0 Å². The molecule has 1 aromatic rings. The van der Waals surface area contributed by atoms with Gasteiger partial charge in [0.25, 0.3) is 0 Å². The SMILES string of the molecule is CCc1ccc(CNC(C)CNC(C)C)cc1. The third kappa shape index (κ3) is 5.85. The van der Waals surface area contributed by atoms with Gasteiger partial charge in [-0.1, -0.05) is 45.0 Å². The van der Waals surface area contributed by atoms with Crippen molar-refractivity contribution in [2.24, 2.45) is 0 Å². The maximum absolute atomic E-state index is 3.53. The summed E-state index contributed by atoms with van der Waals surface area (Å²) in [5, 5.41) is 6.97. The van der Waals surface area contributed by atoms with E-state index in [-0.39, 0.29) is 0 Å². The summed E-state index contributed by atoms with van der Waals surface area (Å²) >= 11 is 0. The van der Waals surface area contributed by atoms with Gasteiger partial charge in [0.15, 0.2) is 0 Å². The third-order valence-corrected chi connectivity index (χ3v) is 2.92. The fourth-order valence-electron chi connectivity index (χ4n) is 1.67. The lowest BCUT2D eigenvalue weighted by Crippen LogP contribution is -2.38. The van der Waals surface area contributed by atoms with Gasteiger partial charge in [-0.15, -0.1) is 0 Å². The number of nitrogens with one attached hydrogen (secondary N) is 2. The Morgan fingerprint density at radius 3 is 2.06 bits per heavy atom. The van der Waals surface area contributed by atoms with Gasteiger partial charge in [0, 0.05) is 25.2 Å². The van der Waals surface area contributed by atoms with Gasteiger partial charge >= 0.3 is 0 Å². The van der Waals surface area contributed by atoms with Crippen LogP contribution < -0.4 is 10.6 Å². The molecule has 1 unspecified atom stereocenters. The molecule has 0 bridgehead atoms. The summed E-state index contributed by atoms with van der Waals surface area (Å²) in [5.74, 6) is 0. The highest BCUT2D eigenvalue weighted by Crippen LogP contribution is 2.04. The van der Waals surface area contributed by atoms with E-state index < -0.39 is 0 Å². The molecule has 1 aromatic carbocycles. The predicted octanol–water partition coefficient (Wildman–Crippen LogP) is 2.73. The average molecular weight is 234 g/mol. The number of aryl methyl sites for hydroxylation is 1. The lowest BCUT2D eigenvalue weighted by atomic mass is 10.1. The molecule has 0 aliphatic heterocycles. The minimum Gasteiger partial charge on any atom is -0.313 e. The van der Waals surface area contributed by atoms with Crippen LogP contribution in [0.15, 0.2) is 24.3 Å². The molecule has 1 rings (SSSR count). The van der Waals surface area contributed by atoms with Crippen LogP contribution in [0.5, 0.6) is 0 Å². The van der Waals surface area contributed by atoms with Crippen LogP contribution in [-0.2, 0) is 13.0 Å². The first-order valence-electron chi connectivity index (χ1n) is 6.66. The Bertz CT molecular complexity index is 303. The summed E-state index contributed by atoms with van der Waals surface area (Å²) in [6.07, 6.45) is 1.11. The fraction of sp³-hybridized carbons (Fsp3) is 0.600. The van der Waals surface area contributed by atoms with Gasteiger partial charge in [-0.2, -0.15) is 0 Å². The molecule has 0 radical (unpaired) electrons. The molecule has 0 saturated heterocycles. The summed E-state index contributed by atoms with van der Waals surface area (Å²) < 4.78 is 0. The van der Waals surface area contributed by atoms with E-state index >= 15 is 0 Å². The van der Waals surface area contributed by atoms with Crippen molar-refractivity contribution in [3.05, 3.63) is 35.4 Å². The summed E-state index contributed by atoms with van der Waals surface area (Å²) in [4.78, 5) is 0. The zero-order valence-electron chi connectivity index (χ0n) is 11.6. The molecular formula is C15H26N2. The van der Waals surface area contributed by atoms with Crippen molar-refractivity contribution in [1.29, 1.82) is 0 Å². The highest BCUT2D eigenvalue weighted by Gasteiger charge is 2.02. The molecular weight excluding hydrogens is 208 g/mol. The van der Waals surface area contributed by atoms with Crippen molar-refractivity contribution in [2.45, 2.75) is 52.7 Å². The van der Waals surface area contributed by atoms with E-state index in [0.29, 0.717) is 12.1 Å². The normalized spacial score (nSPS) is 13.0. The molecule has 0 aromatic heterocycles. The van der Waals surface area contributed by atoms with Crippen molar-refractivity contribution in [1.82, 2.24) is 10.6 Å². The molecule has 0 saturated carbocycles. The van der Waals surface area contributed by atoms with Crippen LogP contribution in [0.2, 0.25) is 0 Å². The van der Waals surface area contributed by atoms with E-state index in [1.54, 1.807) is 0 Å². The molecule has 0 fully saturated rings. The maximum Gasteiger partial charge on any atom is 0.0208 e. The quantitative estimate of drug-likeness (QED) is 0.758. The maximum atomic E-state index is 3.53. The van der Waals surface area contributed by atoms with E-state index in [1.807, 2.05) is 0 Å². The minimum atomic E-state index is 0.503. The molecule has 0 amide bonds. The van der Waals surface area contributed by atoms with Crippen molar-refractivity contribution < 1.29 is 0 Å². The lowest BCUT2D eigenvalue weighted by Gasteiger charge is -2.16. The molecule has 0 spiro atoms. The van der Waals surface area contributed by atoms with Crippen LogP contribution in [0.25, 0.3) is 0 Å². The van der Waals surface area contributed by atoms with E-state index in [0.717, 1.165) is 19.5 Å². The summed E-state index contributed by atoms with van der Waals surface area (Å²) in [6, 6.07) is 9.93. The zero-order chi connectivity index (χ0) is 12.7. The molecule has 2 N–H and O–H groups in total. The van der Waals surface area contributed by atoms with Crippen molar-refractivity contribution >= 4 is 0 Å². The van der Waals surface area contributed by atoms with E-state index in [4.69, 9.17) is 0 Å². The highest BCUT2D eigenvalue weighted by molar-refractivity contribution is 5.22. The Balaban J connectivity index is 2.29. The largest absolute Gasteiger partial charge is 0.313 e. The van der Waals surface area contributed by atoms with Crippen LogP contribution in [0.3, 0.4) is 0 Å². The summed E-state index contributed by atoms with van der Waals surface area (Å²) in [7, 11) is 0. The number of hydrogen-bond acceptors (Lipinski definition) is 2. The van der Waals surface area contributed by atoms with Crippen LogP contribution >= 0.6 is 0 Å². The monoisotopic (exact) mass is 234 g/mol. The molecule has 2 heteroatoms.